The molecule has 158 valence electrons. The lowest BCUT2D eigenvalue weighted by molar-refractivity contribution is 0.532. The first kappa shape index (κ1) is 25.0. The maximum Gasteiger partial charge on any atom is 0.0303 e. The second-order valence-corrected chi connectivity index (χ2v) is 8.08. The fourth-order valence-corrected chi connectivity index (χ4v) is 4.45. The molecular weight excluding hydrogens is 362 g/mol. The zero-order chi connectivity index (χ0) is 19.5. The van der Waals surface area contributed by atoms with Crippen LogP contribution in [0.1, 0.15) is 108 Å². The van der Waals surface area contributed by atoms with Crippen molar-refractivity contribution in [3.63, 3.8) is 0 Å². The average Bonchev–Trinajstić information content (AvgIpc) is 2.70. The number of nitrogens with two attached hydrogens (primary N) is 1. The number of hydrogen-bond donors (Lipinski definition) is 1. The molecule has 0 fully saturated rings. The van der Waals surface area contributed by atoms with E-state index in [0.717, 1.165) is 19.3 Å². The topological polar surface area (TPSA) is 26.0 Å². The smallest absolute Gasteiger partial charge is 0.0303 e. The monoisotopic (exact) mass is 403 g/mol. The first-order valence-corrected chi connectivity index (χ1v) is 11.5. The van der Waals surface area contributed by atoms with Crippen molar-refractivity contribution in [1.82, 2.24) is 0 Å². The van der Waals surface area contributed by atoms with Crippen molar-refractivity contribution in [3.05, 3.63) is 47.0 Å². The summed E-state index contributed by atoms with van der Waals surface area (Å²) < 4.78 is 0. The van der Waals surface area contributed by atoms with E-state index in [1.54, 1.807) is 0 Å². The summed E-state index contributed by atoms with van der Waals surface area (Å²) in [5, 5.41) is 2.72. The molecule has 0 radical (unpaired) electrons. The Morgan fingerprint density at radius 3 is 2.00 bits per heavy atom. The summed E-state index contributed by atoms with van der Waals surface area (Å²) in [4.78, 5) is 0. The van der Waals surface area contributed by atoms with Gasteiger partial charge in [0, 0.05) is 6.04 Å². The Kier molecular flexibility index (Phi) is 12.5. The van der Waals surface area contributed by atoms with Gasteiger partial charge in [0.2, 0.25) is 0 Å². The normalized spacial score (nSPS) is 12.1. The number of unbranched alkanes of at least 4 members (excludes halogenated alkanes) is 8. The van der Waals surface area contributed by atoms with Crippen molar-refractivity contribution in [2.45, 2.75) is 104 Å². The third kappa shape index (κ3) is 7.08. The summed E-state index contributed by atoms with van der Waals surface area (Å²) in [6.45, 7) is 6.82. The molecule has 2 aromatic carbocycles. The van der Waals surface area contributed by atoms with E-state index in [9.17, 15) is 0 Å². The lowest BCUT2D eigenvalue weighted by atomic mass is 9.86. The van der Waals surface area contributed by atoms with E-state index in [1.807, 2.05) is 0 Å². The van der Waals surface area contributed by atoms with Crippen LogP contribution in [0.5, 0.6) is 0 Å². The Labute approximate surface area is 179 Å². The molecule has 1 nitrogen and oxygen atoms in total. The van der Waals surface area contributed by atoms with Crippen molar-refractivity contribution in [1.29, 1.82) is 0 Å². The fraction of sp³-hybridized carbons (Fsp3) is 0.615. The summed E-state index contributed by atoms with van der Waals surface area (Å²) in [7, 11) is 0. The minimum atomic E-state index is 0. The Bertz CT molecular complexity index is 679. The maximum absolute atomic E-state index is 6.76. The second kappa shape index (κ2) is 14.0. The van der Waals surface area contributed by atoms with Crippen LogP contribution in [-0.4, -0.2) is 0 Å². The zero-order valence-electron chi connectivity index (χ0n) is 18.4. The van der Waals surface area contributed by atoms with E-state index in [1.165, 1.54) is 85.3 Å². The van der Waals surface area contributed by atoms with Gasteiger partial charge in [-0.2, -0.15) is 0 Å². The molecule has 0 bridgehead atoms. The predicted octanol–water partition coefficient (Wildman–Crippen LogP) is 8.31. The van der Waals surface area contributed by atoms with Crippen LogP contribution >= 0.6 is 12.4 Å². The van der Waals surface area contributed by atoms with Crippen LogP contribution in [0, 0.1) is 0 Å². The number of hydrogen-bond acceptors (Lipinski definition) is 1. The molecule has 2 N–H and O–H groups in total. The molecule has 0 heterocycles. The molecule has 0 aromatic heterocycles. The van der Waals surface area contributed by atoms with Crippen LogP contribution in [0.2, 0.25) is 0 Å². The molecule has 28 heavy (non-hydrogen) atoms. The van der Waals surface area contributed by atoms with E-state index in [-0.39, 0.29) is 18.4 Å². The largest absolute Gasteiger partial charge is 0.324 e. The molecule has 0 amide bonds. The van der Waals surface area contributed by atoms with Crippen LogP contribution in [0.25, 0.3) is 10.8 Å². The molecule has 2 rings (SSSR count). The first-order chi connectivity index (χ1) is 13.2. The Morgan fingerprint density at radius 1 is 0.786 bits per heavy atom. The molecule has 1 unspecified atom stereocenters. The Hall–Kier alpha value is -1.05. The van der Waals surface area contributed by atoms with Crippen LogP contribution in [0.4, 0.5) is 0 Å². The highest BCUT2D eigenvalue weighted by molar-refractivity contribution is 5.88. The maximum atomic E-state index is 6.76. The second-order valence-electron chi connectivity index (χ2n) is 8.08. The molecule has 0 spiro atoms. The van der Waals surface area contributed by atoms with Gasteiger partial charge in [-0.05, 0) is 46.7 Å². The van der Waals surface area contributed by atoms with E-state index in [0.29, 0.717) is 0 Å². The number of halogens is 1. The van der Waals surface area contributed by atoms with Crippen molar-refractivity contribution in [2.75, 3.05) is 0 Å². The van der Waals surface area contributed by atoms with E-state index in [4.69, 9.17) is 5.73 Å². The van der Waals surface area contributed by atoms with Gasteiger partial charge >= 0.3 is 0 Å². The summed E-state index contributed by atoms with van der Waals surface area (Å²) in [5.41, 5.74) is 11.2. The molecule has 0 aliphatic rings. The highest BCUT2D eigenvalue weighted by Crippen LogP contribution is 2.33. The molecule has 2 heteroatoms. The average molecular weight is 404 g/mol. The molecule has 0 aliphatic carbocycles. The minimum absolute atomic E-state index is 0. The van der Waals surface area contributed by atoms with Gasteiger partial charge in [-0.25, -0.2) is 0 Å². The van der Waals surface area contributed by atoms with E-state index in [2.05, 4.69) is 51.1 Å². The lowest BCUT2D eigenvalue weighted by Gasteiger charge is -2.22. The summed E-state index contributed by atoms with van der Waals surface area (Å²) in [6, 6.07) is 11.3. The number of rotatable bonds is 13. The van der Waals surface area contributed by atoms with E-state index < -0.39 is 0 Å². The fourth-order valence-electron chi connectivity index (χ4n) is 4.45. The lowest BCUT2D eigenvalue weighted by Crippen LogP contribution is -2.14. The SMILES string of the molecule is CCCCCCCCCCCC(N)c1c(CC)c(CC)cc2ccccc12.Cl. The molecule has 2 aromatic rings. The van der Waals surface area contributed by atoms with Gasteiger partial charge in [0.15, 0.2) is 0 Å². The third-order valence-corrected chi connectivity index (χ3v) is 6.02. The van der Waals surface area contributed by atoms with Crippen molar-refractivity contribution < 1.29 is 0 Å². The van der Waals surface area contributed by atoms with Crippen molar-refractivity contribution >= 4 is 23.2 Å². The first-order valence-electron chi connectivity index (χ1n) is 11.5. The number of benzene rings is 2. The summed E-state index contributed by atoms with van der Waals surface area (Å²) in [6.07, 6.45) is 15.6. The van der Waals surface area contributed by atoms with Gasteiger partial charge in [0.1, 0.15) is 0 Å². The van der Waals surface area contributed by atoms with Gasteiger partial charge in [-0.3, -0.25) is 0 Å². The molecule has 1 atom stereocenters. The van der Waals surface area contributed by atoms with Crippen LogP contribution < -0.4 is 5.73 Å². The Morgan fingerprint density at radius 2 is 1.39 bits per heavy atom. The summed E-state index contributed by atoms with van der Waals surface area (Å²) in [5.74, 6) is 0. The molecule has 0 saturated heterocycles. The molecular formula is C26H42ClN. The number of fused-ring (bicyclic) bond motifs is 1. The third-order valence-electron chi connectivity index (χ3n) is 6.02. The van der Waals surface area contributed by atoms with Crippen molar-refractivity contribution in [2.24, 2.45) is 5.73 Å². The van der Waals surface area contributed by atoms with Crippen molar-refractivity contribution in [3.8, 4) is 0 Å². The predicted molar refractivity (Wildman–Crippen MR) is 129 cm³/mol. The van der Waals surface area contributed by atoms with E-state index >= 15 is 0 Å². The quantitative estimate of drug-likeness (QED) is 0.334. The highest BCUT2D eigenvalue weighted by Gasteiger charge is 2.16. The van der Waals surface area contributed by atoms with Crippen LogP contribution in [0.15, 0.2) is 30.3 Å². The summed E-state index contributed by atoms with van der Waals surface area (Å²) >= 11 is 0. The van der Waals surface area contributed by atoms with Gasteiger partial charge in [-0.1, -0.05) is 109 Å². The minimum Gasteiger partial charge on any atom is -0.324 e. The molecule has 0 saturated carbocycles. The van der Waals surface area contributed by atoms with Gasteiger partial charge in [0.05, 0.1) is 0 Å². The molecule has 0 aliphatic heterocycles. The van der Waals surface area contributed by atoms with Crippen LogP contribution in [-0.2, 0) is 12.8 Å². The van der Waals surface area contributed by atoms with Gasteiger partial charge in [0.25, 0.3) is 0 Å². The van der Waals surface area contributed by atoms with Gasteiger partial charge < -0.3 is 5.73 Å². The standard InChI is InChI=1S/C26H41N.ClH/c1-4-7-8-9-10-11-12-13-14-19-25(27)26-23(6-3)21(5-2)20-22-17-15-16-18-24(22)26;/h15-18,20,25H,4-14,19,27H2,1-3H3;1H. The van der Waals surface area contributed by atoms with Crippen LogP contribution in [0.3, 0.4) is 0 Å². The zero-order valence-corrected chi connectivity index (χ0v) is 19.3. The highest BCUT2D eigenvalue weighted by atomic mass is 35.5. The Balaban J connectivity index is 0.00000392. The van der Waals surface area contributed by atoms with Gasteiger partial charge in [-0.15, -0.1) is 12.4 Å². The number of aryl methyl sites for hydroxylation is 1.